The number of hydrogen-bond donors (Lipinski definition) is 2. The summed E-state index contributed by atoms with van der Waals surface area (Å²) >= 11 is 0. The van der Waals surface area contributed by atoms with Crippen LogP contribution in [-0.4, -0.2) is 64.4 Å². The number of pyridine rings is 1. The highest BCUT2D eigenvalue weighted by atomic mass is 16.2. The van der Waals surface area contributed by atoms with Crippen molar-refractivity contribution in [2.45, 2.75) is 50.9 Å². The summed E-state index contributed by atoms with van der Waals surface area (Å²) in [5.41, 5.74) is 8.59. The molecule has 0 spiro atoms. The summed E-state index contributed by atoms with van der Waals surface area (Å²) in [6.07, 6.45) is 6.18. The second kappa shape index (κ2) is 9.58. The number of nitrogens with two attached hydrogens (primary N) is 1. The van der Waals surface area contributed by atoms with Gasteiger partial charge in [-0.3, -0.25) is 19.5 Å². The van der Waals surface area contributed by atoms with Crippen molar-refractivity contribution in [2.24, 2.45) is 5.73 Å². The van der Waals surface area contributed by atoms with Crippen molar-refractivity contribution < 1.29 is 9.59 Å². The highest BCUT2D eigenvalue weighted by Gasteiger charge is 2.45. The molecule has 3 N–H and O–H groups in total. The minimum absolute atomic E-state index is 0.128. The summed E-state index contributed by atoms with van der Waals surface area (Å²) in [4.78, 5) is 34.4. The van der Waals surface area contributed by atoms with Gasteiger partial charge in [0, 0.05) is 50.7 Å². The van der Waals surface area contributed by atoms with E-state index in [1.165, 1.54) is 24.0 Å². The Bertz CT molecular complexity index is 898. The van der Waals surface area contributed by atoms with Gasteiger partial charge in [0.15, 0.2) is 0 Å². The van der Waals surface area contributed by atoms with Gasteiger partial charge in [0.2, 0.25) is 5.91 Å². The number of nitrogens with zero attached hydrogens (tertiary/aromatic N) is 3. The summed E-state index contributed by atoms with van der Waals surface area (Å²) < 4.78 is 0. The predicted molar refractivity (Wildman–Crippen MR) is 119 cm³/mol. The van der Waals surface area contributed by atoms with E-state index in [2.05, 4.69) is 46.4 Å². The Labute approximate surface area is 183 Å². The fourth-order valence-corrected chi connectivity index (χ4v) is 4.36. The smallest absolute Gasteiger partial charge is 0.256 e. The molecule has 0 radical (unpaired) electrons. The zero-order valence-corrected chi connectivity index (χ0v) is 18.0. The van der Waals surface area contributed by atoms with Gasteiger partial charge in [-0.1, -0.05) is 29.8 Å². The second-order valence-electron chi connectivity index (χ2n) is 8.57. The molecule has 7 heteroatoms. The molecule has 4 rings (SSSR count). The Kier molecular flexibility index (Phi) is 6.63. The quantitative estimate of drug-likeness (QED) is 0.677. The van der Waals surface area contributed by atoms with Gasteiger partial charge < -0.3 is 16.0 Å². The summed E-state index contributed by atoms with van der Waals surface area (Å²) in [6, 6.07) is 12.3. The SMILES string of the molecule is Cc1ccc(CN(C2CC2)C2CC(C(=O)NCCN)N(C(=O)c3cccnc3)C2)cc1. The fraction of sp³-hybridized carbons (Fsp3) is 0.458. The molecule has 2 aromatic rings. The maximum Gasteiger partial charge on any atom is 0.256 e. The van der Waals surface area contributed by atoms with Crippen LogP contribution in [0, 0.1) is 6.92 Å². The van der Waals surface area contributed by atoms with Gasteiger partial charge >= 0.3 is 0 Å². The van der Waals surface area contributed by atoms with E-state index >= 15 is 0 Å². The van der Waals surface area contributed by atoms with Crippen LogP contribution in [0.15, 0.2) is 48.8 Å². The molecule has 2 unspecified atom stereocenters. The predicted octanol–water partition coefficient (Wildman–Crippen LogP) is 1.71. The van der Waals surface area contributed by atoms with Crippen LogP contribution in [0.4, 0.5) is 0 Å². The van der Waals surface area contributed by atoms with Crippen LogP contribution in [0.1, 0.15) is 40.7 Å². The number of likely N-dealkylation sites (tertiary alicyclic amines) is 1. The molecule has 0 bridgehead atoms. The molecule has 164 valence electrons. The maximum atomic E-state index is 13.2. The molecule has 2 aliphatic rings. The van der Waals surface area contributed by atoms with Crippen LogP contribution in [0.5, 0.6) is 0 Å². The lowest BCUT2D eigenvalue weighted by molar-refractivity contribution is -0.124. The molecular formula is C24H31N5O2. The lowest BCUT2D eigenvalue weighted by Gasteiger charge is -2.29. The van der Waals surface area contributed by atoms with Crippen LogP contribution < -0.4 is 11.1 Å². The molecule has 1 saturated carbocycles. The van der Waals surface area contributed by atoms with Gasteiger partial charge in [-0.15, -0.1) is 0 Å². The third-order valence-corrected chi connectivity index (χ3v) is 6.17. The van der Waals surface area contributed by atoms with Gasteiger partial charge in [0.05, 0.1) is 5.56 Å². The van der Waals surface area contributed by atoms with Crippen LogP contribution in [0.2, 0.25) is 0 Å². The average Bonchev–Trinajstić information content (AvgIpc) is 3.54. The lowest BCUT2D eigenvalue weighted by Crippen LogP contribution is -2.47. The Balaban J connectivity index is 1.55. The summed E-state index contributed by atoms with van der Waals surface area (Å²) in [7, 11) is 0. The number of amides is 2. The number of aromatic nitrogens is 1. The molecule has 1 aromatic carbocycles. The molecule has 1 saturated heterocycles. The number of carbonyl (C=O) groups is 2. The van der Waals surface area contributed by atoms with Gasteiger partial charge in [-0.2, -0.15) is 0 Å². The van der Waals surface area contributed by atoms with Crippen LogP contribution in [0.3, 0.4) is 0 Å². The minimum atomic E-state index is -0.497. The van der Waals surface area contributed by atoms with Crippen molar-refractivity contribution in [3.63, 3.8) is 0 Å². The molecule has 31 heavy (non-hydrogen) atoms. The average molecular weight is 422 g/mol. The fourth-order valence-electron chi connectivity index (χ4n) is 4.36. The van der Waals surface area contributed by atoms with Gasteiger partial charge in [0.25, 0.3) is 5.91 Å². The topological polar surface area (TPSA) is 91.6 Å². The Morgan fingerprint density at radius 3 is 2.61 bits per heavy atom. The summed E-state index contributed by atoms with van der Waals surface area (Å²) in [5, 5.41) is 2.88. The van der Waals surface area contributed by atoms with E-state index in [0.29, 0.717) is 37.7 Å². The van der Waals surface area contributed by atoms with Crippen molar-refractivity contribution in [1.29, 1.82) is 0 Å². The van der Waals surface area contributed by atoms with E-state index < -0.39 is 6.04 Å². The van der Waals surface area contributed by atoms with E-state index in [0.717, 1.165) is 6.54 Å². The number of aryl methyl sites for hydroxylation is 1. The number of benzene rings is 1. The van der Waals surface area contributed by atoms with Crippen molar-refractivity contribution in [3.8, 4) is 0 Å². The van der Waals surface area contributed by atoms with Crippen LogP contribution >= 0.6 is 0 Å². The summed E-state index contributed by atoms with van der Waals surface area (Å²) in [5.74, 6) is -0.272. The number of carbonyl (C=O) groups excluding carboxylic acids is 2. The standard InChI is InChI=1S/C24H31N5O2/c1-17-4-6-18(7-5-17)15-28(20-8-9-20)21-13-22(23(30)27-12-10-25)29(16-21)24(31)19-3-2-11-26-14-19/h2-7,11,14,20-22H,8-10,12-13,15-16,25H2,1H3,(H,27,30). The summed E-state index contributed by atoms with van der Waals surface area (Å²) in [6.45, 7) is 4.25. The third kappa shape index (κ3) is 5.11. The number of hydrogen-bond acceptors (Lipinski definition) is 5. The first kappa shape index (κ1) is 21.5. The zero-order chi connectivity index (χ0) is 21.8. The van der Waals surface area contributed by atoms with Crippen molar-refractivity contribution in [3.05, 3.63) is 65.5 Å². The Morgan fingerprint density at radius 1 is 1.19 bits per heavy atom. The Hall–Kier alpha value is -2.77. The van der Waals surface area contributed by atoms with E-state index in [4.69, 9.17) is 5.73 Å². The van der Waals surface area contributed by atoms with E-state index in [-0.39, 0.29) is 17.9 Å². The molecule has 2 fully saturated rings. The number of nitrogens with one attached hydrogen (secondary N) is 1. The minimum Gasteiger partial charge on any atom is -0.353 e. The monoisotopic (exact) mass is 421 g/mol. The van der Waals surface area contributed by atoms with E-state index in [9.17, 15) is 9.59 Å². The van der Waals surface area contributed by atoms with Gasteiger partial charge in [0.1, 0.15) is 6.04 Å². The maximum absolute atomic E-state index is 13.2. The molecule has 1 aromatic heterocycles. The molecule has 1 aliphatic heterocycles. The van der Waals surface area contributed by atoms with E-state index in [1.54, 1.807) is 29.4 Å². The van der Waals surface area contributed by atoms with Crippen LogP contribution in [-0.2, 0) is 11.3 Å². The molecule has 2 amide bonds. The van der Waals surface area contributed by atoms with Crippen molar-refractivity contribution >= 4 is 11.8 Å². The van der Waals surface area contributed by atoms with Crippen LogP contribution in [0.25, 0.3) is 0 Å². The highest BCUT2D eigenvalue weighted by Crippen LogP contribution is 2.35. The van der Waals surface area contributed by atoms with Crippen molar-refractivity contribution in [1.82, 2.24) is 20.1 Å². The third-order valence-electron chi connectivity index (χ3n) is 6.17. The van der Waals surface area contributed by atoms with Gasteiger partial charge in [-0.05, 0) is 43.9 Å². The zero-order valence-electron chi connectivity index (χ0n) is 18.0. The van der Waals surface area contributed by atoms with Crippen molar-refractivity contribution in [2.75, 3.05) is 19.6 Å². The first-order chi connectivity index (χ1) is 15.1. The first-order valence-corrected chi connectivity index (χ1v) is 11.1. The molecule has 1 aliphatic carbocycles. The van der Waals surface area contributed by atoms with Gasteiger partial charge in [-0.25, -0.2) is 0 Å². The molecule has 7 nitrogen and oxygen atoms in total. The molecule has 2 atom stereocenters. The Morgan fingerprint density at radius 2 is 1.97 bits per heavy atom. The molecular weight excluding hydrogens is 390 g/mol. The first-order valence-electron chi connectivity index (χ1n) is 11.1. The normalized spacial score (nSPS) is 20.8. The molecule has 2 heterocycles. The second-order valence-corrected chi connectivity index (χ2v) is 8.57. The largest absolute Gasteiger partial charge is 0.353 e. The highest BCUT2D eigenvalue weighted by molar-refractivity contribution is 5.97. The van der Waals surface area contributed by atoms with E-state index in [1.807, 2.05) is 0 Å². The number of rotatable bonds is 8. The lowest BCUT2D eigenvalue weighted by atomic mass is 10.1.